The van der Waals surface area contributed by atoms with Crippen LogP contribution in [0.1, 0.15) is 40.0 Å². The summed E-state index contributed by atoms with van der Waals surface area (Å²) >= 11 is 6.06. The van der Waals surface area contributed by atoms with E-state index in [0.717, 1.165) is 47.5 Å². The number of nitrogens with zero attached hydrogens (tertiary/aromatic N) is 3. The van der Waals surface area contributed by atoms with Gasteiger partial charge in [-0.2, -0.15) is 0 Å². The van der Waals surface area contributed by atoms with E-state index in [9.17, 15) is 9.59 Å². The van der Waals surface area contributed by atoms with Crippen LogP contribution in [0.2, 0.25) is 5.02 Å². The molecular weight excluding hydrogens is 410 g/mol. The third-order valence-corrected chi connectivity index (χ3v) is 6.62. The van der Waals surface area contributed by atoms with Gasteiger partial charge >= 0.3 is 0 Å². The van der Waals surface area contributed by atoms with Crippen molar-refractivity contribution in [3.05, 3.63) is 86.3 Å². The first-order chi connectivity index (χ1) is 14.9. The summed E-state index contributed by atoms with van der Waals surface area (Å²) in [4.78, 5) is 28.6. The van der Waals surface area contributed by atoms with Crippen LogP contribution in [-0.4, -0.2) is 33.1 Å². The number of halogens is 1. The van der Waals surface area contributed by atoms with E-state index < -0.39 is 0 Å². The van der Waals surface area contributed by atoms with Gasteiger partial charge in [0.05, 0.1) is 11.3 Å². The third-order valence-electron chi connectivity index (χ3n) is 6.39. The molecule has 2 aromatic carbocycles. The molecule has 2 heterocycles. The van der Waals surface area contributed by atoms with E-state index in [-0.39, 0.29) is 17.3 Å². The molecule has 0 spiro atoms. The fraction of sp³-hybridized carbons (Fsp3) is 0.360. The van der Waals surface area contributed by atoms with Crippen LogP contribution in [0.3, 0.4) is 0 Å². The minimum atomic E-state index is -0.0611. The molecule has 1 aliphatic heterocycles. The number of hydrogen-bond acceptors (Lipinski definition) is 3. The summed E-state index contributed by atoms with van der Waals surface area (Å²) in [6.45, 7) is 6.03. The number of piperidine rings is 1. The van der Waals surface area contributed by atoms with E-state index in [1.165, 1.54) is 0 Å². The van der Waals surface area contributed by atoms with Crippen LogP contribution in [0.4, 0.5) is 0 Å². The number of likely N-dealkylation sites (tertiary alicyclic amines) is 1. The predicted octanol–water partition coefficient (Wildman–Crippen LogP) is 4.54. The Balaban J connectivity index is 1.55. The predicted molar refractivity (Wildman–Crippen MR) is 124 cm³/mol. The molecule has 1 aromatic heterocycles. The lowest BCUT2D eigenvalue weighted by Gasteiger charge is -2.32. The summed E-state index contributed by atoms with van der Waals surface area (Å²) in [5.74, 6) is 0.110. The van der Waals surface area contributed by atoms with Gasteiger partial charge in [-0.15, -0.1) is 0 Å². The Morgan fingerprint density at radius 2 is 1.87 bits per heavy atom. The highest BCUT2D eigenvalue weighted by Gasteiger charge is 2.29. The number of aryl methyl sites for hydroxylation is 1. The molecule has 162 valence electrons. The number of rotatable bonds is 5. The Labute approximate surface area is 187 Å². The molecule has 0 amide bonds. The van der Waals surface area contributed by atoms with Crippen LogP contribution in [-0.2, 0) is 13.6 Å². The number of Topliss-reactive ketones (excluding diaryl/α,β-unsaturated/α-hetero) is 1. The molecule has 5 nitrogen and oxygen atoms in total. The van der Waals surface area contributed by atoms with Crippen molar-refractivity contribution >= 4 is 17.4 Å². The Kier molecular flexibility index (Phi) is 6.17. The van der Waals surface area contributed by atoms with Crippen molar-refractivity contribution in [2.75, 3.05) is 13.1 Å². The Bertz CT molecular complexity index is 1160. The number of hydrogen-bond donors (Lipinski definition) is 0. The second-order valence-corrected chi connectivity index (χ2v) is 8.87. The fourth-order valence-corrected chi connectivity index (χ4v) is 4.79. The van der Waals surface area contributed by atoms with Crippen molar-refractivity contribution in [1.82, 2.24) is 14.3 Å². The monoisotopic (exact) mass is 437 g/mol. The van der Waals surface area contributed by atoms with Crippen molar-refractivity contribution in [2.45, 2.75) is 33.2 Å². The van der Waals surface area contributed by atoms with Crippen molar-refractivity contribution in [2.24, 2.45) is 13.0 Å². The number of carbonyl (C=O) groups is 1. The smallest absolute Gasteiger partial charge is 0.276 e. The van der Waals surface area contributed by atoms with Crippen LogP contribution in [0.15, 0.2) is 53.3 Å². The van der Waals surface area contributed by atoms with Crippen LogP contribution in [0.25, 0.3) is 5.69 Å². The van der Waals surface area contributed by atoms with Crippen LogP contribution in [0.5, 0.6) is 0 Å². The number of ketones is 1. The highest BCUT2D eigenvalue weighted by molar-refractivity contribution is 6.30. The molecule has 0 aliphatic carbocycles. The summed E-state index contributed by atoms with van der Waals surface area (Å²) in [6, 6.07) is 15.1. The van der Waals surface area contributed by atoms with Gasteiger partial charge < -0.3 is 0 Å². The van der Waals surface area contributed by atoms with Crippen LogP contribution >= 0.6 is 11.6 Å². The van der Waals surface area contributed by atoms with Gasteiger partial charge in [-0.1, -0.05) is 29.8 Å². The molecule has 6 heteroatoms. The highest BCUT2D eigenvalue weighted by atomic mass is 35.5. The molecule has 1 atom stereocenters. The average molecular weight is 438 g/mol. The maximum atomic E-state index is 13.2. The molecule has 1 saturated heterocycles. The van der Waals surface area contributed by atoms with Gasteiger partial charge in [0.1, 0.15) is 0 Å². The van der Waals surface area contributed by atoms with Gasteiger partial charge in [0, 0.05) is 42.3 Å². The zero-order valence-electron chi connectivity index (χ0n) is 18.3. The second-order valence-electron chi connectivity index (χ2n) is 8.44. The van der Waals surface area contributed by atoms with Gasteiger partial charge in [-0.3, -0.25) is 19.2 Å². The Morgan fingerprint density at radius 3 is 2.58 bits per heavy atom. The standard InChI is InChI=1S/C25H28ClN3O2/c1-17-14-20(26)11-12-22(17)24(30)19-8-7-13-28(15-19)16-23-18(2)27(3)29(25(23)31)21-9-5-4-6-10-21/h4-6,9-12,14,19H,7-8,13,15-16H2,1-3H3/t19-/m0/s1. The largest absolute Gasteiger partial charge is 0.298 e. The summed E-state index contributed by atoms with van der Waals surface area (Å²) < 4.78 is 3.63. The highest BCUT2D eigenvalue weighted by Crippen LogP contribution is 2.25. The van der Waals surface area contributed by atoms with Gasteiger partial charge in [0.25, 0.3) is 5.56 Å². The number of para-hydroxylation sites is 1. The van der Waals surface area contributed by atoms with Gasteiger partial charge in [-0.05, 0) is 69.1 Å². The molecular formula is C25H28ClN3O2. The van der Waals surface area contributed by atoms with Crippen molar-refractivity contribution in [3.8, 4) is 5.69 Å². The van der Waals surface area contributed by atoms with E-state index >= 15 is 0 Å². The van der Waals surface area contributed by atoms with Crippen LogP contribution in [0, 0.1) is 19.8 Å². The van der Waals surface area contributed by atoms with Crippen LogP contribution < -0.4 is 5.56 Å². The number of aromatic nitrogens is 2. The van der Waals surface area contributed by atoms with Gasteiger partial charge in [0.15, 0.2) is 5.78 Å². The maximum Gasteiger partial charge on any atom is 0.276 e. The van der Waals surface area contributed by atoms with Crippen molar-refractivity contribution < 1.29 is 4.79 Å². The first kappa shape index (κ1) is 21.6. The zero-order chi connectivity index (χ0) is 22.1. The topological polar surface area (TPSA) is 47.2 Å². The van der Waals surface area contributed by atoms with E-state index in [4.69, 9.17) is 11.6 Å². The minimum Gasteiger partial charge on any atom is -0.298 e. The van der Waals surface area contributed by atoms with Gasteiger partial charge in [0.2, 0.25) is 0 Å². The lowest BCUT2D eigenvalue weighted by molar-refractivity contribution is 0.0810. The van der Waals surface area contributed by atoms with Crippen molar-refractivity contribution in [1.29, 1.82) is 0 Å². The number of carbonyl (C=O) groups excluding carboxylic acids is 1. The zero-order valence-corrected chi connectivity index (χ0v) is 19.0. The lowest BCUT2D eigenvalue weighted by Crippen LogP contribution is -2.39. The molecule has 0 radical (unpaired) electrons. The summed E-state index contributed by atoms with van der Waals surface area (Å²) in [7, 11) is 1.92. The fourth-order valence-electron chi connectivity index (χ4n) is 4.57. The Morgan fingerprint density at radius 1 is 1.13 bits per heavy atom. The number of benzene rings is 2. The lowest BCUT2D eigenvalue weighted by atomic mass is 9.88. The molecule has 31 heavy (non-hydrogen) atoms. The average Bonchev–Trinajstić information content (AvgIpc) is 2.97. The first-order valence-electron chi connectivity index (χ1n) is 10.7. The van der Waals surface area contributed by atoms with E-state index in [2.05, 4.69) is 4.90 Å². The molecule has 0 bridgehead atoms. The summed E-state index contributed by atoms with van der Waals surface area (Å²) in [5.41, 5.74) is 4.28. The first-order valence-corrected chi connectivity index (χ1v) is 11.1. The molecule has 3 aromatic rings. The molecule has 0 unspecified atom stereocenters. The molecule has 0 N–H and O–H groups in total. The second kappa shape index (κ2) is 8.85. The quantitative estimate of drug-likeness (QED) is 0.550. The Hall–Kier alpha value is -2.63. The summed E-state index contributed by atoms with van der Waals surface area (Å²) in [6.07, 6.45) is 1.82. The van der Waals surface area contributed by atoms with E-state index in [1.54, 1.807) is 10.7 Å². The van der Waals surface area contributed by atoms with Crippen molar-refractivity contribution in [3.63, 3.8) is 0 Å². The third kappa shape index (κ3) is 4.25. The normalized spacial score (nSPS) is 17.1. The van der Waals surface area contributed by atoms with E-state index in [0.29, 0.717) is 18.1 Å². The minimum absolute atomic E-state index is 0.00759. The SMILES string of the molecule is Cc1cc(Cl)ccc1C(=O)[C@H]1CCCN(Cc2c(C)n(C)n(-c3ccccc3)c2=O)C1. The summed E-state index contributed by atoms with van der Waals surface area (Å²) in [5, 5.41) is 0.647. The molecule has 1 fully saturated rings. The maximum absolute atomic E-state index is 13.2. The molecule has 4 rings (SSSR count). The molecule has 1 aliphatic rings. The van der Waals surface area contributed by atoms with Gasteiger partial charge in [-0.25, -0.2) is 4.68 Å². The van der Waals surface area contributed by atoms with E-state index in [1.807, 2.05) is 68.0 Å². The molecule has 0 saturated carbocycles.